The summed E-state index contributed by atoms with van der Waals surface area (Å²) in [6.07, 6.45) is 0. The Morgan fingerprint density at radius 3 is 2.57 bits per heavy atom. The number of H-pyrrole nitrogens is 1. The fourth-order valence-corrected chi connectivity index (χ4v) is 3.75. The Labute approximate surface area is 167 Å². The van der Waals surface area contributed by atoms with Crippen molar-refractivity contribution in [2.75, 3.05) is 0 Å². The van der Waals surface area contributed by atoms with Crippen LogP contribution < -0.4 is 15.6 Å². The number of carbonyl (C=O) groups excluding carboxylic acids is 1. The Balaban J connectivity index is 1.64. The molecular formula is C21H23N3O3S. The lowest BCUT2D eigenvalue weighted by Crippen LogP contribution is -2.27. The molecule has 0 fully saturated rings. The van der Waals surface area contributed by atoms with Gasteiger partial charge in [0.1, 0.15) is 22.2 Å². The maximum absolute atomic E-state index is 12.6. The highest BCUT2D eigenvalue weighted by Crippen LogP contribution is 2.21. The number of nitrogens with one attached hydrogen (secondary N) is 2. The molecule has 0 unspecified atom stereocenters. The number of amides is 1. The highest BCUT2D eigenvalue weighted by atomic mass is 32.1. The van der Waals surface area contributed by atoms with Crippen LogP contribution in [0.3, 0.4) is 0 Å². The van der Waals surface area contributed by atoms with Crippen molar-refractivity contribution in [3.63, 3.8) is 0 Å². The molecule has 2 N–H and O–H groups in total. The van der Waals surface area contributed by atoms with Gasteiger partial charge in [0.2, 0.25) is 0 Å². The van der Waals surface area contributed by atoms with Gasteiger partial charge in [-0.15, -0.1) is 11.3 Å². The summed E-state index contributed by atoms with van der Waals surface area (Å²) in [5.41, 5.74) is 3.86. The molecule has 3 aromatic rings. The molecule has 7 heteroatoms. The van der Waals surface area contributed by atoms with Crippen LogP contribution in [0.1, 0.15) is 42.8 Å². The Hall–Kier alpha value is -2.93. The summed E-state index contributed by atoms with van der Waals surface area (Å²) >= 11 is 1.30. The first-order chi connectivity index (χ1) is 13.3. The second-order valence-corrected chi connectivity index (χ2v) is 7.83. The van der Waals surface area contributed by atoms with Gasteiger partial charge in [-0.3, -0.25) is 9.59 Å². The van der Waals surface area contributed by atoms with Gasteiger partial charge >= 0.3 is 0 Å². The van der Waals surface area contributed by atoms with E-state index in [9.17, 15) is 9.59 Å². The van der Waals surface area contributed by atoms with Crippen molar-refractivity contribution in [3.8, 4) is 5.75 Å². The van der Waals surface area contributed by atoms with E-state index in [1.807, 2.05) is 51.1 Å². The number of hydrogen-bond acceptors (Lipinski definition) is 5. The number of ether oxygens (including phenoxy) is 1. The number of aromatic nitrogens is 2. The number of rotatable bonds is 6. The highest BCUT2D eigenvalue weighted by molar-refractivity contribution is 7.13. The monoisotopic (exact) mass is 397 g/mol. The highest BCUT2D eigenvalue weighted by Gasteiger charge is 2.16. The van der Waals surface area contributed by atoms with Crippen molar-refractivity contribution in [1.29, 1.82) is 0 Å². The molecule has 6 nitrogen and oxygen atoms in total. The van der Waals surface area contributed by atoms with Gasteiger partial charge in [-0.05, 0) is 51.5 Å². The van der Waals surface area contributed by atoms with Crippen LogP contribution in [-0.4, -0.2) is 15.9 Å². The van der Waals surface area contributed by atoms with Crippen LogP contribution in [0, 0.1) is 27.7 Å². The molecule has 0 aliphatic rings. The van der Waals surface area contributed by atoms with Gasteiger partial charge in [-0.2, -0.15) is 0 Å². The summed E-state index contributed by atoms with van der Waals surface area (Å²) in [6, 6.07) is 9.67. The molecule has 0 spiro atoms. The number of aryl methyl sites for hydroxylation is 4. The van der Waals surface area contributed by atoms with E-state index in [0.717, 1.165) is 22.0 Å². The lowest BCUT2D eigenvalue weighted by molar-refractivity contribution is 0.0954. The summed E-state index contributed by atoms with van der Waals surface area (Å²) < 4.78 is 5.74. The summed E-state index contributed by atoms with van der Waals surface area (Å²) in [5.74, 6) is 0.523. The van der Waals surface area contributed by atoms with Crippen molar-refractivity contribution in [2.24, 2.45) is 0 Å². The molecule has 2 aromatic heterocycles. The molecule has 0 saturated heterocycles. The van der Waals surface area contributed by atoms with Crippen LogP contribution in [0.25, 0.3) is 0 Å². The molecule has 0 bridgehead atoms. The first-order valence-electron chi connectivity index (χ1n) is 8.97. The van der Waals surface area contributed by atoms with Gasteiger partial charge in [-0.25, -0.2) is 4.98 Å². The zero-order valence-electron chi connectivity index (χ0n) is 16.4. The summed E-state index contributed by atoms with van der Waals surface area (Å²) in [6.45, 7) is 7.99. The summed E-state index contributed by atoms with van der Waals surface area (Å²) in [5, 5.41) is 3.55. The molecule has 1 aromatic carbocycles. The number of nitrogens with zero attached hydrogens (tertiary/aromatic N) is 1. The maximum Gasteiger partial charge on any atom is 0.263 e. The molecule has 1 amide bonds. The first-order valence-corrected chi connectivity index (χ1v) is 9.78. The van der Waals surface area contributed by atoms with Crippen LogP contribution in [0.15, 0.2) is 35.1 Å². The van der Waals surface area contributed by atoms with Crippen molar-refractivity contribution < 1.29 is 9.53 Å². The molecule has 3 rings (SSSR count). The molecule has 2 heterocycles. The third-order valence-corrected chi connectivity index (χ3v) is 5.48. The predicted molar refractivity (Wildman–Crippen MR) is 110 cm³/mol. The van der Waals surface area contributed by atoms with Crippen molar-refractivity contribution in [2.45, 2.75) is 40.8 Å². The third-order valence-electron chi connectivity index (χ3n) is 4.35. The lowest BCUT2D eigenvalue weighted by atomic mass is 10.1. The molecular weight excluding hydrogens is 374 g/mol. The summed E-state index contributed by atoms with van der Waals surface area (Å²) in [4.78, 5) is 32.4. The SMILES string of the molecule is Cc1ccc(OCc2nc(C)c(C(=O)NCc3c(C)cc(C)[nH]c3=O)s2)cc1. The van der Waals surface area contributed by atoms with Crippen molar-refractivity contribution >= 4 is 17.2 Å². The number of hydrogen-bond donors (Lipinski definition) is 2. The Kier molecular flexibility index (Phi) is 5.94. The molecule has 0 atom stereocenters. The second-order valence-electron chi connectivity index (χ2n) is 6.75. The molecule has 0 radical (unpaired) electrons. The Morgan fingerprint density at radius 2 is 1.89 bits per heavy atom. The quantitative estimate of drug-likeness (QED) is 0.666. The average molecular weight is 398 g/mol. The topological polar surface area (TPSA) is 84.1 Å². The van der Waals surface area contributed by atoms with Gasteiger partial charge in [0.05, 0.1) is 5.69 Å². The van der Waals surface area contributed by atoms with Crippen LogP contribution in [-0.2, 0) is 13.2 Å². The number of carbonyl (C=O) groups is 1. The Morgan fingerprint density at radius 1 is 1.18 bits per heavy atom. The fourth-order valence-electron chi connectivity index (χ4n) is 2.85. The van der Waals surface area contributed by atoms with Crippen LogP contribution >= 0.6 is 11.3 Å². The molecule has 146 valence electrons. The number of aromatic amines is 1. The molecule has 28 heavy (non-hydrogen) atoms. The van der Waals surface area contributed by atoms with Gasteiger partial charge in [0.25, 0.3) is 11.5 Å². The zero-order chi connectivity index (χ0) is 20.3. The van der Waals surface area contributed by atoms with Gasteiger partial charge < -0.3 is 15.0 Å². The first kappa shape index (κ1) is 19.8. The van der Waals surface area contributed by atoms with E-state index in [2.05, 4.69) is 15.3 Å². The minimum absolute atomic E-state index is 0.173. The van der Waals surface area contributed by atoms with E-state index in [1.165, 1.54) is 16.9 Å². The van der Waals surface area contributed by atoms with E-state index < -0.39 is 0 Å². The average Bonchev–Trinajstić information content (AvgIpc) is 3.01. The Bertz CT molecular complexity index is 1050. The third kappa shape index (κ3) is 4.67. The van der Waals surface area contributed by atoms with Crippen LogP contribution in [0.4, 0.5) is 0 Å². The molecule has 0 aliphatic carbocycles. The molecule has 0 aliphatic heterocycles. The van der Waals surface area contributed by atoms with E-state index >= 15 is 0 Å². The van der Waals surface area contributed by atoms with E-state index in [1.54, 1.807) is 6.92 Å². The second kappa shape index (κ2) is 8.39. The van der Waals surface area contributed by atoms with E-state index in [0.29, 0.717) is 22.7 Å². The largest absolute Gasteiger partial charge is 0.486 e. The standard InChI is InChI=1S/C21H23N3O3S/c1-12-5-7-16(8-6-12)27-11-18-24-15(4)19(28-18)21(26)22-10-17-13(2)9-14(3)23-20(17)25/h5-9H,10-11H2,1-4H3,(H,22,26)(H,23,25). The minimum Gasteiger partial charge on any atom is -0.486 e. The van der Waals surface area contributed by atoms with Gasteiger partial charge in [-0.1, -0.05) is 17.7 Å². The van der Waals surface area contributed by atoms with Crippen LogP contribution in [0.5, 0.6) is 5.75 Å². The number of thiazole rings is 1. The fraction of sp³-hybridized carbons (Fsp3) is 0.286. The lowest BCUT2D eigenvalue weighted by Gasteiger charge is -2.07. The smallest absolute Gasteiger partial charge is 0.263 e. The number of pyridine rings is 1. The van der Waals surface area contributed by atoms with E-state index in [4.69, 9.17) is 4.74 Å². The van der Waals surface area contributed by atoms with Crippen molar-refractivity contribution in [3.05, 3.63) is 78.6 Å². The zero-order valence-corrected chi connectivity index (χ0v) is 17.2. The van der Waals surface area contributed by atoms with Gasteiger partial charge in [0, 0.05) is 17.8 Å². The van der Waals surface area contributed by atoms with Gasteiger partial charge in [0.15, 0.2) is 0 Å². The normalized spacial score (nSPS) is 10.7. The summed E-state index contributed by atoms with van der Waals surface area (Å²) in [7, 11) is 0. The molecule has 0 saturated carbocycles. The van der Waals surface area contributed by atoms with Crippen LogP contribution in [0.2, 0.25) is 0 Å². The predicted octanol–water partition coefficient (Wildman–Crippen LogP) is 3.57. The van der Waals surface area contributed by atoms with E-state index in [-0.39, 0.29) is 18.0 Å². The van der Waals surface area contributed by atoms with Crippen molar-refractivity contribution in [1.82, 2.24) is 15.3 Å². The number of benzene rings is 1. The minimum atomic E-state index is -0.240. The maximum atomic E-state index is 12.6.